The van der Waals surface area contributed by atoms with Crippen molar-refractivity contribution >= 4 is 50.8 Å². The van der Waals surface area contributed by atoms with Gasteiger partial charge in [-0.15, -0.1) is 0 Å². The van der Waals surface area contributed by atoms with Crippen molar-refractivity contribution in [2.75, 3.05) is 5.32 Å². The Morgan fingerprint density at radius 2 is 1.91 bits per heavy atom. The molecule has 3 rings (SSSR count). The molecule has 0 spiro atoms. The number of amides is 1. The number of rotatable bonds is 3. The van der Waals surface area contributed by atoms with Gasteiger partial charge in [0.2, 0.25) is 0 Å². The second-order valence-corrected chi connectivity index (χ2v) is 5.89. The molecule has 6 nitrogen and oxygen atoms in total. The highest BCUT2D eigenvalue weighted by molar-refractivity contribution is 14.1. The lowest BCUT2D eigenvalue weighted by molar-refractivity contribution is -0.383. The minimum Gasteiger partial charge on any atom is -0.345 e. The van der Waals surface area contributed by atoms with Crippen LogP contribution in [0.1, 0.15) is 10.5 Å². The van der Waals surface area contributed by atoms with Crippen LogP contribution in [0.15, 0.2) is 48.5 Å². The van der Waals surface area contributed by atoms with Crippen molar-refractivity contribution in [3.63, 3.8) is 0 Å². The molecule has 3 aromatic rings. The van der Waals surface area contributed by atoms with E-state index in [4.69, 9.17) is 0 Å². The molecule has 0 unspecified atom stereocenters. The van der Waals surface area contributed by atoms with Gasteiger partial charge in [-0.05, 0) is 52.9 Å². The maximum atomic E-state index is 12.2. The Bertz CT molecular complexity index is 871. The summed E-state index contributed by atoms with van der Waals surface area (Å²) < 4.78 is 1.07. The molecule has 110 valence electrons. The number of hydrogen-bond acceptors (Lipinski definition) is 3. The van der Waals surface area contributed by atoms with Gasteiger partial charge in [0.1, 0.15) is 11.2 Å². The average Bonchev–Trinajstić information content (AvgIpc) is 2.93. The molecular formula is C15H10IN3O3. The number of carbonyl (C=O) groups excluding carboxylic acids is 1. The molecule has 0 aliphatic carbocycles. The van der Waals surface area contributed by atoms with Crippen LogP contribution in [-0.2, 0) is 0 Å². The monoisotopic (exact) mass is 407 g/mol. The molecule has 0 atom stereocenters. The SMILES string of the molecule is O=C(Nc1ccc(I)cc1)c1cc2cccc([N+](=O)[O-])c2[nH]1. The maximum absolute atomic E-state index is 12.2. The zero-order valence-electron chi connectivity index (χ0n) is 11.2. The summed E-state index contributed by atoms with van der Waals surface area (Å²) in [6, 6.07) is 13.7. The number of carbonyl (C=O) groups is 1. The normalized spacial score (nSPS) is 10.6. The number of nitrogens with one attached hydrogen (secondary N) is 2. The van der Waals surface area contributed by atoms with Crippen LogP contribution in [-0.4, -0.2) is 15.8 Å². The van der Waals surface area contributed by atoms with Crippen molar-refractivity contribution in [1.82, 2.24) is 4.98 Å². The molecule has 1 amide bonds. The molecule has 0 saturated carbocycles. The number of nitrogens with zero attached hydrogens (tertiary/aromatic N) is 1. The quantitative estimate of drug-likeness (QED) is 0.392. The Morgan fingerprint density at radius 3 is 2.59 bits per heavy atom. The van der Waals surface area contributed by atoms with E-state index in [-0.39, 0.29) is 17.3 Å². The predicted molar refractivity (Wildman–Crippen MR) is 92.1 cm³/mol. The molecular weight excluding hydrogens is 397 g/mol. The number of aromatic nitrogens is 1. The summed E-state index contributed by atoms with van der Waals surface area (Å²) in [5.74, 6) is -0.341. The first kappa shape index (κ1) is 14.5. The van der Waals surface area contributed by atoms with Crippen molar-refractivity contribution < 1.29 is 9.72 Å². The van der Waals surface area contributed by atoms with Gasteiger partial charge in [0.15, 0.2) is 0 Å². The fraction of sp³-hybridized carbons (Fsp3) is 0. The van der Waals surface area contributed by atoms with Crippen LogP contribution >= 0.6 is 22.6 Å². The van der Waals surface area contributed by atoms with Crippen LogP contribution in [0.3, 0.4) is 0 Å². The zero-order chi connectivity index (χ0) is 15.7. The Balaban J connectivity index is 1.93. The smallest absolute Gasteiger partial charge is 0.293 e. The van der Waals surface area contributed by atoms with Crippen LogP contribution < -0.4 is 5.32 Å². The second kappa shape index (κ2) is 5.76. The lowest BCUT2D eigenvalue weighted by Crippen LogP contribution is -2.12. The van der Waals surface area contributed by atoms with Crippen molar-refractivity contribution in [3.8, 4) is 0 Å². The third-order valence-corrected chi connectivity index (χ3v) is 3.90. The predicted octanol–water partition coefficient (Wildman–Crippen LogP) is 3.93. The Hall–Kier alpha value is -2.42. The first-order chi connectivity index (χ1) is 10.5. The minimum absolute atomic E-state index is 0.0502. The second-order valence-electron chi connectivity index (χ2n) is 4.64. The van der Waals surface area contributed by atoms with E-state index in [1.807, 2.05) is 12.1 Å². The van der Waals surface area contributed by atoms with Crippen LogP contribution in [0.4, 0.5) is 11.4 Å². The van der Waals surface area contributed by atoms with Gasteiger partial charge in [-0.3, -0.25) is 14.9 Å². The topological polar surface area (TPSA) is 88.0 Å². The number of aromatic amines is 1. The number of anilines is 1. The lowest BCUT2D eigenvalue weighted by atomic mass is 10.2. The van der Waals surface area contributed by atoms with Crippen LogP contribution in [0.25, 0.3) is 10.9 Å². The average molecular weight is 407 g/mol. The Morgan fingerprint density at radius 1 is 1.18 bits per heavy atom. The molecule has 22 heavy (non-hydrogen) atoms. The number of nitro groups is 1. The van der Waals surface area contributed by atoms with Crippen LogP contribution in [0.2, 0.25) is 0 Å². The van der Waals surface area contributed by atoms with E-state index in [0.717, 1.165) is 3.57 Å². The molecule has 2 N–H and O–H groups in total. The van der Waals surface area contributed by atoms with E-state index < -0.39 is 4.92 Å². The van der Waals surface area contributed by atoms with Gasteiger partial charge in [-0.2, -0.15) is 0 Å². The van der Waals surface area contributed by atoms with Gasteiger partial charge >= 0.3 is 0 Å². The summed E-state index contributed by atoms with van der Waals surface area (Å²) in [4.78, 5) is 25.6. The van der Waals surface area contributed by atoms with E-state index >= 15 is 0 Å². The molecule has 1 aromatic heterocycles. The van der Waals surface area contributed by atoms with Crippen molar-refractivity contribution in [3.05, 3.63) is 67.9 Å². The molecule has 0 radical (unpaired) electrons. The fourth-order valence-corrected chi connectivity index (χ4v) is 2.51. The van der Waals surface area contributed by atoms with Crippen molar-refractivity contribution in [1.29, 1.82) is 0 Å². The minimum atomic E-state index is -0.473. The maximum Gasteiger partial charge on any atom is 0.293 e. The number of benzene rings is 2. The van der Waals surface area contributed by atoms with E-state index in [2.05, 4.69) is 32.9 Å². The summed E-state index contributed by atoms with van der Waals surface area (Å²) in [5.41, 5.74) is 1.24. The third kappa shape index (κ3) is 2.80. The number of halogens is 1. The van der Waals surface area contributed by atoms with Gasteiger partial charge in [-0.1, -0.05) is 12.1 Å². The largest absolute Gasteiger partial charge is 0.345 e. The number of H-pyrrole nitrogens is 1. The number of para-hydroxylation sites is 1. The molecule has 7 heteroatoms. The number of non-ortho nitro benzene ring substituents is 1. The number of fused-ring (bicyclic) bond motifs is 1. The fourth-order valence-electron chi connectivity index (χ4n) is 2.15. The summed E-state index contributed by atoms with van der Waals surface area (Å²) in [7, 11) is 0. The first-order valence-corrected chi connectivity index (χ1v) is 7.45. The van der Waals surface area contributed by atoms with Gasteiger partial charge in [0.05, 0.1) is 4.92 Å². The standard InChI is InChI=1S/C15H10IN3O3/c16-10-4-6-11(7-5-10)17-15(20)12-8-9-2-1-3-13(19(21)22)14(9)18-12/h1-8,18H,(H,17,20). The highest BCUT2D eigenvalue weighted by Crippen LogP contribution is 2.25. The molecule has 0 aliphatic rings. The molecule has 1 heterocycles. The van der Waals surface area contributed by atoms with E-state index in [0.29, 0.717) is 16.6 Å². The summed E-state index contributed by atoms with van der Waals surface area (Å²) >= 11 is 2.18. The molecule has 2 aromatic carbocycles. The van der Waals surface area contributed by atoms with Crippen molar-refractivity contribution in [2.24, 2.45) is 0 Å². The molecule has 0 bridgehead atoms. The Labute approximate surface area is 138 Å². The number of nitro benzene ring substituents is 1. The highest BCUT2D eigenvalue weighted by atomic mass is 127. The van der Waals surface area contributed by atoms with Gasteiger partial charge < -0.3 is 10.3 Å². The zero-order valence-corrected chi connectivity index (χ0v) is 13.3. The van der Waals surface area contributed by atoms with Crippen LogP contribution in [0, 0.1) is 13.7 Å². The molecule has 0 fully saturated rings. The molecule has 0 aliphatic heterocycles. The van der Waals surface area contributed by atoms with E-state index in [9.17, 15) is 14.9 Å². The summed E-state index contributed by atoms with van der Waals surface area (Å²) in [6.45, 7) is 0. The van der Waals surface area contributed by atoms with Crippen molar-refractivity contribution in [2.45, 2.75) is 0 Å². The van der Waals surface area contributed by atoms with Gasteiger partial charge in [-0.25, -0.2) is 0 Å². The summed E-state index contributed by atoms with van der Waals surface area (Å²) in [6.07, 6.45) is 0. The third-order valence-electron chi connectivity index (χ3n) is 3.18. The first-order valence-electron chi connectivity index (χ1n) is 6.37. The van der Waals surface area contributed by atoms with E-state index in [1.54, 1.807) is 30.3 Å². The number of hydrogen-bond donors (Lipinski definition) is 2. The van der Waals surface area contributed by atoms with Gasteiger partial charge in [0, 0.05) is 20.7 Å². The lowest BCUT2D eigenvalue weighted by Gasteiger charge is -2.03. The Kier molecular flexibility index (Phi) is 3.80. The highest BCUT2D eigenvalue weighted by Gasteiger charge is 2.16. The summed E-state index contributed by atoms with van der Waals surface area (Å²) in [5, 5.41) is 14.4. The molecule has 0 saturated heterocycles. The van der Waals surface area contributed by atoms with Gasteiger partial charge in [0.25, 0.3) is 11.6 Å². The van der Waals surface area contributed by atoms with E-state index in [1.165, 1.54) is 6.07 Å². The van der Waals surface area contributed by atoms with Crippen LogP contribution in [0.5, 0.6) is 0 Å².